The lowest BCUT2D eigenvalue weighted by molar-refractivity contribution is -0.138. The van der Waals surface area contributed by atoms with Crippen LogP contribution < -0.4 is 5.73 Å². The molecule has 0 aromatic heterocycles. The molecule has 0 atom stereocenters. The van der Waals surface area contributed by atoms with Gasteiger partial charge in [-0.15, -0.1) is 12.4 Å². The molecule has 2 N–H and O–H groups in total. The Morgan fingerprint density at radius 2 is 1.73 bits per heavy atom. The standard InChI is InChI=1S/C9H17F3N2.ClH/c10-9(11,12)3-6-14-4-1-8(7-13)2-5-14;/h8H,1-7,13H2;1H. The zero-order chi connectivity index (χ0) is 10.6. The van der Waals surface area contributed by atoms with Crippen LogP contribution in [-0.2, 0) is 0 Å². The Balaban J connectivity index is 0.00000196. The van der Waals surface area contributed by atoms with E-state index in [0.29, 0.717) is 12.5 Å². The smallest absolute Gasteiger partial charge is 0.330 e. The van der Waals surface area contributed by atoms with Crippen LogP contribution >= 0.6 is 12.4 Å². The van der Waals surface area contributed by atoms with Gasteiger partial charge in [0.2, 0.25) is 0 Å². The molecule has 1 heterocycles. The second-order valence-electron chi connectivity index (χ2n) is 3.89. The molecular weight excluding hydrogens is 229 g/mol. The van der Waals surface area contributed by atoms with Gasteiger partial charge in [-0.1, -0.05) is 0 Å². The maximum atomic E-state index is 11.9. The van der Waals surface area contributed by atoms with Gasteiger partial charge in [0.15, 0.2) is 0 Å². The highest BCUT2D eigenvalue weighted by Gasteiger charge is 2.28. The highest BCUT2D eigenvalue weighted by molar-refractivity contribution is 5.85. The Morgan fingerprint density at radius 1 is 1.20 bits per heavy atom. The summed E-state index contributed by atoms with van der Waals surface area (Å²) in [6, 6.07) is 0. The Labute approximate surface area is 94.4 Å². The summed E-state index contributed by atoms with van der Waals surface area (Å²) < 4.78 is 35.7. The first-order chi connectivity index (χ1) is 6.51. The van der Waals surface area contributed by atoms with Gasteiger partial charge < -0.3 is 10.6 Å². The highest BCUT2D eigenvalue weighted by atomic mass is 35.5. The maximum absolute atomic E-state index is 11.9. The Bertz CT molecular complexity index is 167. The summed E-state index contributed by atoms with van der Waals surface area (Å²) in [5.74, 6) is 0.511. The molecule has 0 saturated carbocycles. The van der Waals surface area contributed by atoms with Crippen molar-refractivity contribution in [3.05, 3.63) is 0 Å². The van der Waals surface area contributed by atoms with E-state index in [1.807, 2.05) is 4.90 Å². The normalized spacial score (nSPS) is 20.0. The summed E-state index contributed by atoms with van der Waals surface area (Å²) in [7, 11) is 0. The van der Waals surface area contributed by atoms with Crippen molar-refractivity contribution in [1.29, 1.82) is 0 Å². The second-order valence-corrected chi connectivity index (χ2v) is 3.89. The molecule has 0 aromatic rings. The Morgan fingerprint density at radius 3 is 2.13 bits per heavy atom. The molecular formula is C9H18ClF3N2. The fourth-order valence-corrected chi connectivity index (χ4v) is 1.73. The van der Waals surface area contributed by atoms with E-state index >= 15 is 0 Å². The quantitative estimate of drug-likeness (QED) is 0.826. The van der Waals surface area contributed by atoms with E-state index in [1.165, 1.54) is 0 Å². The summed E-state index contributed by atoms with van der Waals surface area (Å²) in [4.78, 5) is 1.87. The van der Waals surface area contributed by atoms with E-state index in [1.54, 1.807) is 0 Å². The number of hydrogen-bond donors (Lipinski definition) is 1. The average Bonchev–Trinajstić information content (AvgIpc) is 2.14. The molecule has 1 rings (SSSR count). The van der Waals surface area contributed by atoms with E-state index in [9.17, 15) is 13.2 Å². The molecule has 0 spiro atoms. The molecule has 6 heteroatoms. The molecule has 0 bridgehead atoms. The van der Waals surface area contributed by atoms with Crippen LogP contribution in [0.3, 0.4) is 0 Å². The molecule has 92 valence electrons. The van der Waals surface area contributed by atoms with Crippen LogP contribution in [0.15, 0.2) is 0 Å². The number of rotatable bonds is 3. The number of likely N-dealkylation sites (tertiary alicyclic amines) is 1. The summed E-state index contributed by atoms with van der Waals surface area (Å²) in [6.45, 7) is 2.32. The molecule has 0 amide bonds. The number of hydrogen-bond acceptors (Lipinski definition) is 2. The predicted octanol–water partition coefficient (Wildman–Crippen LogP) is 2.03. The van der Waals surface area contributed by atoms with Crippen LogP contribution in [-0.4, -0.2) is 37.3 Å². The first kappa shape index (κ1) is 15.0. The van der Waals surface area contributed by atoms with E-state index in [2.05, 4.69) is 0 Å². The van der Waals surface area contributed by atoms with Crippen LogP contribution in [0.1, 0.15) is 19.3 Å². The van der Waals surface area contributed by atoms with Crippen molar-refractivity contribution in [2.45, 2.75) is 25.4 Å². The van der Waals surface area contributed by atoms with E-state index in [-0.39, 0.29) is 19.0 Å². The second kappa shape index (κ2) is 6.55. The van der Waals surface area contributed by atoms with Gasteiger partial charge in [-0.25, -0.2) is 0 Å². The number of piperidine rings is 1. The minimum atomic E-state index is -4.02. The van der Waals surface area contributed by atoms with Crippen LogP contribution in [0.25, 0.3) is 0 Å². The third-order valence-corrected chi connectivity index (χ3v) is 2.75. The third kappa shape index (κ3) is 6.22. The summed E-state index contributed by atoms with van der Waals surface area (Å²) in [5.41, 5.74) is 5.49. The van der Waals surface area contributed by atoms with Crippen molar-refractivity contribution in [2.75, 3.05) is 26.2 Å². The molecule has 0 unspecified atom stereocenters. The predicted molar refractivity (Wildman–Crippen MR) is 56.1 cm³/mol. The van der Waals surface area contributed by atoms with Crippen LogP contribution in [0.4, 0.5) is 13.2 Å². The van der Waals surface area contributed by atoms with Crippen LogP contribution in [0.2, 0.25) is 0 Å². The molecule has 0 radical (unpaired) electrons. The fourth-order valence-electron chi connectivity index (χ4n) is 1.73. The zero-order valence-corrected chi connectivity index (χ0v) is 9.41. The lowest BCUT2D eigenvalue weighted by atomic mass is 9.97. The molecule has 1 saturated heterocycles. The van der Waals surface area contributed by atoms with Gasteiger partial charge in [-0.05, 0) is 38.4 Å². The van der Waals surface area contributed by atoms with Crippen molar-refractivity contribution in [1.82, 2.24) is 4.90 Å². The average molecular weight is 247 g/mol. The number of halogens is 4. The number of alkyl halides is 3. The third-order valence-electron chi connectivity index (χ3n) is 2.75. The fraction of sp³-hybridized carbons (Fsp3) is 1.00. The van der Waals surface area contributed by atoms with Crippen molar-refractivity contribution in [3.63, 3.8) is 0 Å². The van der Waals surface area contributed by atoms with Crippen molar-refractivity contribution < 1.29 is 13.2 Å². The summed E-state index contributed by atoms with van der Waals surface area (Å²) >= 11 is 0. The van der Waals surface area contributed by atoms with Gasteiger partial charge >= 0.3 is 6.18 Å². The molecule has 0 aromatic carbocycles. The monoisotopic (exact) mass is 246 g/mol. The Hall–Kier alpha value is -0.0000000000000000555. The first-order valence-corrected chi connectivity index (χ1v) is 5.00. The van der Waals surface area contributed by atoms with Gasteiger partial charge in [0.05, 0.1) is 6.42 Å². The van der Waals surface area contributed by atoms with Gasteiger partial charge in [0.25, 0.3) is 0 Å². The van der Waals surface area contributed by atoms with E-state index in [4.69, 9.17) is 5.73 Å². The zero-order valence-electron chi connectivity index (χ0n) is 8.59. The molecule has 2 nitrogen and oxygen atoms in total. The van der Waals surface area contributed by atoms with Crippen LogP contribution in [0, 0.1) is 5.92 Å². The van der Waals surface area contributed by atoms with Gasteiger partial charge in [-0.3, -0.25) is 0 Å². The lowest BCUT2D eigenvalue weighted by Crippen LogP contribution is -2.37. The molecule has 1 aliphatic rings. The number of nitrogens with zero attached hydrogens (tertiary/aromatic N) is 1. The van der Waals surface area contributed by atoms with E-state index in [0.717, 1.165) is 25.9 Å². The van der Waals surface area contributed by atoms with Gasteiger partial charge in [0, 0.05) is 6.54 Å². The van der Waals surface area contributed by atoms with Crippen molar-refractivity contribution in [3.8, 4) is 0 Å². The molecule has 1 fully saturated rings. The van der Waals surface area contributed by atoms with Crippen LogP contribution in [0.5, 0.6) is 0 Å². The summed E-state index contributed by atoms with van der Waals surface area (Å²) in [6.07, 6.45) is -2.84. The summed E-state index contributed by atoms with van der Waals surface area (Å²) in [5, 5.41) is 0. The topological polar surface area (TPSA) is 29.3 Å². The molecule has 1 aliphatic heterocycles. The minimum absolute atomic E-state index is 0. The van der Waals surface area contributed by atoms with E-state index < -0.39 is 12.6 Å². The largest absolute Gasteiger partial charge is 0.390 e. The highest BCUT2D eigenvalue weighted by Crippen LogP contribution is 2.22. The Kier molecular flexibility index (Phi) is 6.55. The molecule has 15 heavy (non-hydrogen) atoms. The van der Waals surface area contributed by atoms with Crippen molar-refractivity contribution in [2.24, 2.45) is 11.7 Å². The van der Waals surface area contributed by atoms with Gasteiger partial charge in [0.1, 0.15) is 0 Å². The number of nitrogens with two attached hydrogens (primary N) is 1. The minimum Gasteiger partial charge on any atom is -0.330 e. The maximum Gasteiger partial charge on any atom is 0.390 e. The molecule has 0 aliphatic carbocycles. The van der Waals surface area contributed by atoms with Crippen molar-refractivity contribution >= 4 is 12.4 Å². The SMILES string of the molecule is Cl.NCC1CCN(CCC(F)(F)F)CC1. The lowest BCUT2D eigenvalue weighted by Gasteiger charge is -2.31. The first-order valence-electron chi connectivity index (χ1n) is 5.00. The van der Waals surface area contributed by atoms with Gasteiger partial charge in [-0.2, -0.15) is 13.2 Å².